The molecular weight excluding hydrogens is 328 g/mol. The van der Waals surface area contributed by atoms with E-state index in [9.17, 15) is 9.59 Å². The molecule has 2 N–H and O–H groups in total. The number of aromatic nitrogens is 1. The molecule has 1 amide bonds. The first-order valence-electron chi connectivity index (χ1n) is 7.30. The number of carbonyl (C=O) groups is 2. The van der Waals surface area contributed by atoms with E-state index in [0.717, 1.165) is 10.9 Å². The number of methoxy groups -OCH3 is 1. The lowest BCUT2D eigenvalue weighted by molar-refractivity contribution is -0.143. The van der Waals surface area contributed by atoms with Gasteiger partial charge in [0.15, 0.2) is 6.04 Å². The van der Waals surface area contributed by atoms with Crippen LogP contribution in [-0.2, 0) is 9.53 Å². The van der Waals surface area contributed by atoms with E-state index in [2.05, 4.69) is 10.3 Å². The van der Waals surface area contributed by atoms with Crippen molar-refractivity contribution in [3.05, 3.63) is 70.9 Å². The largest absolute Gasteiger partial charge is 0.467 e. The molecule has 0 bridgehead atoms. The van der Waals surface area contributed by atoms with Crippen LogP contribution in [0, 0.1) is 0 Å². The van der Waals surface area contributed by atoms with Gasteiger partial charge in [0.1, 0.15) is 0 Å². The summed E-state index contributed by atoms with van der Waals surface area (Å²) in [5, 5.41) is 4.14. The zero-order valence-electron chi connectivity index (χ0n) is 12.9. The molecular formula is C18H15ClN2O3. The van der Waals surface area contributed by atoms with Crippen molar-refractivity contribution in [3.8, 4) is 0 Å². The average molecular weight is 343 g/mol. The number of aromatic amines is 1. The van der Waals surface area contributed by atoms with E-state index in [1.807, 2.05) is 6.07 Å². The Morgan fingerprint density at radius 2 is 1.92 bits per heavy atom. The number of fused-ring (bicyclic) bond motifs is 1. The summed E-state index contributed by atoms with van der Waals surface area (Å²) in [6.07, 6.45) is 1.66. The maximum absolute atomic E-state index is 12.5. The third-order valence-electron chi connectivity index (χ3n) is 3.74. The van der Waals surface area contributed by atoms with Crippen LogP contribution >= 0.6 is 11.6 Å². The van der Waals surface area contributed by atoms with E-state index >= 15 is 0 Å². The van der Waals surface area contributed by atoms with Crippen molar-refractivity contribution in [2.24, 2.45) is 0 Å². The lowest BCUT2D eigenvalue weighted by Gasteiger charge is -2.17. The van der Waals surface area contributed by atoms with Crippen molar-refractivity contribution in [3.63, 3.8) is 0 Å². The third kappa shape index (κ3) is 3.12. The molecule has 0 spiro atoms. The molecule has 24 heavy (non-hydrogen) atoms. The summed E-state index contributed by atoms with van der Waals surface area (Å²) in [6, 6.07) is 13.2. The van der Waals surface area contributed by atoms with Gasteiger partial charge in [-0.15, -0.1) is 0 Å². The molecule has 0 radical (unpaired) electrons. The van der Waals surface area contributed by atoms with Crippen molar-refractivity contribution in [1.82, 2.24) is 10.3 Å². The van der Waals surface area contributed by atoms with Crippen LogP contribution in [0.4, 0.5) is 0 Å². The zero-order valence-corrected chi connectivity index (χ0v) is 13.6. The molecule has 3 rings (SSSR count). The van der Waals surface area contributed by atoms with Crippen LogP contribution in [0.2, 0.25) is 5.02 Å². The van der Waals surface area contributed by atoms with Crippen molar-refractivity contribution in [1.29, 1.82) is 0 Å². The van der Waals surface area contributed by atoms with Gasteiger partial charge in [-0.3, -0.25) is 4.79 Å². The highest BCUT2D eigenvalue weighted by molar-refractivity contribution is 6.35. The second-order valence-electron chi connectivity index (χ2n) is 5.24. The van der Waals surface area contributed by atoms with Crippen molar-refractivity contribution >= 4 is 34.4 Å². The first-order chi connectivity index (χ1) is 11.6. The van der Waals surface area contributed by atoms with Crippen molar-refractivity contribution < 1.29 is 14.3 Å². The molecule has 6 heteroatoms. The van der Waals surface area contributed by atoms with E-state index in [4.69, 9.17) is 16.3 Å². The molecule has 1 atom stereocenters. The van der Waals surface area contributed by atoms with Gasteiger partial charge < -0.3 is 15.0 Å². The Kier molecular flexibility index (Phi) is 4.53. The van der Waals surface area contributed by atoms with Gasteiger partial charge in [0.2, 0.25) is 0 Å². The van der Waals surface area contributed by atoms with Crippen molar-refractivity contribution in [2.75, 3.05) is 7.11 Å². The standard InChI is InChI=1S/C18H15ClN2O3/c1-24-18(23)16(11-5-3-2-4-6-11)21-17(22)12-7-8-13-14(19)10-20-15(13)9-12/h2-10,16,20H,1H3,(H,21,22)/t16-/m0/s1. The molecule has 1 aromatic heterocycles. The summed E-state index contributed by atoms with van der Waals surface area (Å²) in [7, 11) is 1.29. The molecule has 3 aromatic rings. The third-order valence-corrected chi connectivity index (χ3v) is 4.05. The number of amides is 1. The molecule has 5 nitrogen and oxygen atoms in total. The number of nitrogens with one attached hydrogen (secondary N) is 2. The lowest BCUT2D eigenvalue weighted by Crippen LogP contribution is -2.34. The van der Waals surface area contributed by atoms with Gasteiger partial charge in [0.05, 0.1) is 12.1 Å². The lowest BCUT2D eigenvalue weighted by atomic mass is 10.1. The highest BCUT2D eigenvalue weighted by atomic mass is 35.5. The molecule has 0 saturated carbocycles. The predicted octanol–water partition coefficient (Wildman–Crippen LogP) is 3.47. The summed E-state index contributed by atoms with van der Waals surface area (Å²) >= 11 is 6.04. The number of hydrogen-bond acceptors (Lipinski definition) is 3. The Bertz CT molecular complexity index is 890. The molecule has 122 valence electrons. The summed E-state index contributed by atoms with van der Waals surface area (Å²) in [4.78, 5) is 27.6. The monoisotopic (exact) mass is 342 g/mol. The van der Waals surface area contributed by atoms with Crippen LogP contribution in [0.1, 0.15) is 22.0 Å². The zero-order chi connectivity index (χ0) is 17.1. The fourth-order valence-electron chi connectivity index (χ4n) is 2.49. The maximum Gasteiger partial charge on any atom is 0.333 e. The van der Waals surface area contributed by atoms with Gasteiger partial charge in [-0.05, 0) is 17.7 Å². The molecule has 0 fully saturated rings. The number of benzene rings is 2. The number of halogens is 1. The first-order valence-corrected chi connectivity index (χ1v) is 7.68. The van der Waals surface area contributed by atoms with Gasteiger partial charge in [0.25, 0.3) is 5.91 Å². The second-order valence-corrected chi connectivity index (χ2v) is 5.64. The minimum atomic E-state index is -0.869. The minimum absolute atomic E-state index is 0.373. The number of ether oxygens (including phenoxy) is 1. The fraction of sp³-hybridized carbons (Fsp3) is 0.111. The number of carbonyl (C=O) groups excluding carboxylic acids is 2. The Morgan fingerprint density at radius 1 is 1.17 bits per heavy atom. The van der Waals surface area contributed by atoms with Gasteiger partial charge in [0, 0.05) is 22.7 Å². The second kappa shape index (κ2) is 6.76. The van der Waals surface area contributed by atoms with E-state index in [0.29, 0.717) is 16.1 Å². The first kappa shape index (κ1) is 16.1. The Morgan fingerprint density at radius 3 is 2.62 bits per heavy atom. The fourth-order valence-corrected chi connectivity index (χ4v) is 2.71. The normalized spacial score (nSPS) is 11.9. The van der Waals surface area contributed by atoms with Crippen LogP contribution < -0.4 is 5.32 Å². The molecule has 0 aliphatic carbocycles. The predicted molar refractivity (Wildman–Crippen MR) is 92.0 cm³/mol. The van der Waals surface area contributed by atoms with Crippen LogP contribution in [0.5, 0.6) is 0 Å². The van der Waals surface area contributed by atoms with Crippen LogP contribution in [0.3, 0.4) is 0 Å². The van der Waals surface area contributed by atoms with Gasteiger partial charge in [-0.1, -0.05) is 48.0 Å². The molecule has 0 saturated heterocycles. The summed E-state index contributed by atoms with van der Waals surface area (Å²) in [6.45, 7) is 0. The van der Waals surface area contributed by atoms with Crippen molar-refractivity contribution in [2.45, 2.75) is 6.04 Å². The van der Waals surface area contributed by atoms with E-state index in [-0.39, 0.29) is 5.91 Å². The number of hydrogen-bond donors (Lipinski definition) is 2. The molecule has 0 aliphatic rings. The van der Waals surface area contributed by atoms with Gasteiger partial charge in [-0.2, -0.15) is 0 Å². The Labute approximate surface area is 143 Å². The summed E-state index contributed by atoms with van der Waals surface area (Å²) in [5.74, 6) is -0.902. The number of H-pyrrole nitrogens is 1. The smallest absolute Gasteiger partial charge is 0.333 e. The van der Waals surface area contributed by atoms with Gasteiger partial charge >= 0.3 is 5.97 Å². The molecule has 0 unspecified atom stereocenters. The number of rotatable bonds is 4. The highest BCUT2D eigenvalue weighted by Gasteiger charge is 2.24. The van der Waals surface area contributed by atoms with Gasteiger partial charge in [-0.25, -0.2) is 4.79 Å². The SMILES string of the molecule is COC(=O)[C@@H](NC(=O)c1ccc2c(Cl)c[nH]c2c1)c1ccccc1. The van der Waals surface area contributed by atoms with Crippen LogP contribution in [0.25, 0.3) is 10.9 Å². The Hall–Kier alpha value is -2.79. The summed E-state index contributed by atoms with van der Waals surface area (Å²) in [5.41, 5.74) is 1.83. The van der Waals surface area contributed by atoms with E-state index < -0.39 is 12.0 Å². The topological polar surface area (TPSA) is 71.2 Å². The quantitative estimate of drug-likeness (QED) is 0.713. The van der Waals surface area contributed by atoms with Crippen LogP contribution in [-0.4, -0.2) is 24.0 Å². The highest BCUT2D eigenvalue weighted by Crippen LogP contribution is 2.24. The molecule has 0 aliphatic heterocycles. The maximum atomic E-state index is 12.5. The number of esters is 1. The van der Waals surface area contributed by atoms with Crippen LogP contribution in [0.15, 0.2) is 54.7 Å². The van der Waals surface area contributed by atoms with E-state index in [1.54, 1.807) is 48.7 Å². The Balaban J connectivity index is 1.88. The molecule has 1 heterocycles. The summed E-state index contributed by atoms with van der Waals surface area (Å²) < 4.78 is 4.80. The average Bonchev–Trinajstić information content (AvgIpc) is 3.00. The van der Waals surface area contributed by atoms with E-state index in [1.165, 1.54) is 7.11 Å². The minimum Gasteiger partial charge on any atom is -0.467 e. The molecule has 2 aromatic carbocycles.